The van der Waals surface area contributed by atoms with Crippen LogP contribution in [0.15, 0.2) is 59.5 Å². The summed E-state index contributed by atoms with van der Waals surface area (Å²) in [5, 5.41) is 1.27. The third-order valence-corrected chi connectivity index (χ3v) is 8.73. The van der Waals surface area contributed by atoms with Crippen LogP contribution in [0.25, 0.3) is 22.0 Å². The molecule has 2 aromatic carbocycles. The van der Waals surface area contributed by atoms with Crippen molar-refractivity contribution in [3.63, 3.8) is 0 Å². The average Bonchev–Trinajstić information content (AvgIpc) is 3.48. The van der Waals surface area contributed by atoms with Crippen LogP contribution in [0.3, 0.4) is 0 Å². The summed E-state index contributed by atoms with van der Waals surface area (Å²) in [6, 6.07) is 12.9. The van der Waals surface area contributed by atoms with Gasteiger partial charge in [0.05, 0.1) is 24.9 Å². The summed E-state index contributed by atoms with van der Waals surface area (Å²) < 4.78 is 20.0. The van der Waals surface area contributed by atoms with Crippen LogP contribution in [0.5, 0.6) is 5.75 Å². The number of methoxy groups -OCH3 is 2. The van der Waals surface area contributed by atoms with E-state index in [1.165, 1.54) is 38.0 Å². The quantitative estimate of drug-likeness (QED) is 0.169. The van der Waals surface area contributed by atoms with Crippen molar-refractivity contribution in [2.45, 2.75) is 50.8 Å². The zero-order chi connectivity index (χ0) is 30.5. The molecular weight excluding hydrogens is 572 g/mol. The van der Waals surface area contributed by atoms with Gasteiger partial charge in [-0.15, -0.1) is 0 Å². The number of hydrogen-bond donors (Lipinski definition) is 0. The minimum Gasteiger partial charge on any atom is -0.495 e. The highest BCUT2D eigenvalue weighted by Crippen LogP contribution is 2.48. The monoisotopic (exact) mass is 602 g/mol. The molecular formula is C33H31ClN2O7. The van der Waals surface area contributed by atoms with Gasteiger partial charge in [-0.25, -0.2) is 4.79 Å². The number of carbonyl (C=O) groups excluding carboxylic acids is 3. The number of ketones is 2. The Labute approximate surface area is 252 Å². The van der Waals surface area contributed by atoms with Crippen molar-refractivity contribution < 1.29 is 28.6 Å². The second-order valence-corrected chi connectivity index (χ2v) is 11.6. The molecule has 0 bridgehead atoms. The van der Waals surface area contributed by atoms with Crippen LogP contribution < -0.4 is 10.3 Å². The molecule has 1 aliphatic carbocycles. The molecule has 1 saturated carbocycles. The molecule has 222 valence electrons. The molecule has 2 aromatic heterocycles. The number of rotatable bonds is 10. The fraction of sp³-hybridized carbons (Fsp3) is 0.333. The zero-order valence-corrected chi connectivity index (χ0v) is 24.9. The minimum absolute atomic E-state index is 0.0692. The van der Waals surface area contributed by atoms with Gasteiger partial charge in [0, 0.05) is 60.6 Å². The summed E-state index contributed by atoms with van der Waals surface area (Å²) >= 11 is 6.24. The minimum atomic E-state index is -0.829. The van der Waals surface area contributed by atoms with Crippen molar-refractivity contribution in [2.75, 3.05) is 20.8 Å². The van der Waals surface area contributed by atoms with Gasteiger partial charge in [0.25, 0.3) is 5.56 Å². The molecule has 43 heavy (non-hydrogen) atoms. The lowest BCUT2D eigenvalue weighted by Crippen LogP contribution is -2.39. The number of carbonyl (C=O) groups is 3. The molecule has 0 saturated heterocycles. The summed E-state index contributed by atoms with van der Waals surface area (Å²) in [7, 11) is 3.00. The van der Waals surface area contributed by atoms with Crippen LogP contribution >= 0.6 is 11.6 Å². The first-order valence-corrected chi connectivity index (χ1v) is 14.5. The third kappa shape index (κ3) is 4.96. The van der Waals surface area contributed by atoms with E-state index in [2.05, 4.69) is 0 Å². The van der Waals surface area contributed by atoms with Crippen molar-refractivity contribution in [2.24, 2.45) is 0 Å². The summed E-state index contributed by atoms with van der Waals surface area (Å²) in [6.07, 6.45) is 4.43. The zero-order valence-electron chi connectivity index (χ0n) is 24.1. The van der Waals surface area contributed by atoms with E-state index in [4.69, 9.17) is 25.8 Å². The lowest BCUT2D eigenvalue weighted by atomic mass is 9.88. The van der Waals surface area contributed by atoms with Gasteiger partial charge in [-0.3, -0.25) is 19.0 Å². The molecule has 0 radical (unpaired) electrons. The van der Waals surface area contributed by atoms with E-state index in [1.54, 1.807) is 18.2 Å². The van der Waals surface area contributed by atoms with Crippen molar-refractivity contribution in [3.05, 3.63) is 86.9 Å². The van der Waals surface area contributed by atoms with Crippen molar-refractivity contribution >= 4 is 40.0 Å². The normalized spacial score (nSPS) is 15.7. The Balaban J connectivity index is 1.34. The van der Waals surface area contributed by atoms with E-state index in [1.807, 2.05) is 28.8 Å². The van der Waals surface area contributed by atoms with Gasteiger partial charge < -0.3 is 18.8 Å². The molecule has 1 fully saturated rings. The maximum atomic E-state index is 13.8. The molecule has 0 amide bonds. The smallest absolute Gasteiger partial charge is 0.357 e. The van der Waals surface area contributed by atoms with Gasteiger partial charge in [0.1, 0.15) is 11.4 Å². The first-order valence-electron chi connectivity index (χ1n) is 14.2. The molecule has 9 nitrogen and oxygen atoms in total. The Hall–Kier alpha value is -4.21. The molecule has 0 unspecified atom stereocenters. The Morgan fingerprint density at radius 1 is 1.05 bits per heavy atom. The van der Waals surface area contributed by atoms with Crippen LogP contribution in [-0.2, 0) is 26.4 Å². The summed E-state index contributed by atoms with van der Waals surface area (Å²) in [6.45, 7) is 1.70. The Kier molecular flexibility index (Phi) is 7.48. The van der Waals surface area contributed by atoms with Crippen molar-refractivity contribution in [3.8, 4) is 16.9 Å². The van der Waals surface area contributed by atoms with Crippen LogP contribution in [0.2, 0.25) is 5.02 Å². The van der Waals surface area contributed by atoms with Crippen molar-refractivity contribution in [1.29, 1.82) is 0 Å². The van der Waals surface area contributed by atoms with E-state index >= 15 is 0 Å². The lowest BCUT2D eigenvalue weighted by molar-refractivity contribution is -0.122. The van der Waals surface area contributed by atoms with Gasteiger partial charge in [-0.2, -0.15) is 0 Å². The number of hydrogen-bond acceptors (Lipinski definition) is 7. The SMILES string of the molecule is COCC[C@H](C(=O)Cc1ccc2c(c1)cc1n2C2(CCC2)OC1=O)n1cc(OC)c(-c2cc(Cl)ccc2C(C)=O)cc1=O. The van der Waals surface area contributed by atoms with E-state index in [-0.39, 0.29) is 37.0 Å². The number of pyridine rings is 1. The number of ether oxygens (including phenoxy) is 3. The first-order chi connectivity index (χ1) is 20.7. The third-order valence-electron chi connectivity index (χ3n) is 8.50. The molecule has 10 heteroatoms. The highest BCUT2D eigenvalue weighted by Gasteiger charge is 2.50. The van der Waals surface area contributed by atoms with Crippen LogP contribution in [0.4, 0.5) is 0 Å². The predicted octanol–water partition coefficient (Wildman–Crippen LogP) is 5.73. The standard InChI is InChI=1S/C33H31ClN2O7/c1-19(37)23-7-6-22(34)16-24(23)25-17-31(39)35(18-30(25)42-3)27(9-12-41-2)29(38)14-20-5-8-26-21(13-20)15-28-32(40)43-33(36(26)28)10-4-11-33/h5-8,13,15-18,27H,4,9-12,14H2,1-3H3/t27-/m1/s1. The Morgan fingerprint density at radius 3 is 2.51 bits per heavy atom. The fourth-order valence-electron chi connectivity index (χ4n) is 6.23. The maximum Gasteiger partial charge on any atom is 0.357 e. The number of halogens is 1. The van der Waals surface area contributed by atoms with E-state index < -0.39 is 17.3 Å². The maximum absolute atomic E-state index is 13.8. The molecule has 1 spiro atoms. The topological polar surface area (TPSA) is 106 Å². The molecule has 1 aliphatic heterocycles. The van der Waals surface area contributed by atoms with E-state index in [0.29, 0.717) is 33.2 Å². The number of esters is 1. The molecule has 0 N–H and O–H groups in total. The first kappa shape index (κ1) is 28.9. The molecule has 3 heterocycles. The predicted molar refractivity (Wildman–Crippen MR) is 161 cm³/mol. The largest absolute Gasteiger partial charge is 0.495 e. The molecule has 1 atom stereocenters. The van der Waals surface area contributed by atoms with Gasteiger partial charge in [-0.05, 0) is 67.3 Å². The van der Waals surface area contributed by atoms with Gasteiger partial charge in [0.15, 0.2) is 17.3 Å². The van der Waals surface area contributed by atoms with Gasteiger partial charge >= 0.3 is 5.97 Å². The van der Waals surface area contributed by atoms with E-state index in [9.17, 15) is 19.2 Å². The summed E-state index contributed by atoms with van der Waals surface area (Å²) in [5.41, 5.74) is 2.46. The van der Waals surface area contributed by atoms with Crippen molar-refractivity contribution in [1.82, 2.24) is 9.13 Å². The number of aromatic nitrogens is 2. The second-order valence-electron chi connectivity index (χ2n) is 11.1. The van der Waals surface area contributed by atoms with Crippen LogP contribution in [-0.4, -0.2) is 47.5 Å². The average molecular weight is 603 g/mol. The summed E-state index contributed by atoms with van der Waals surface area (Å²) in [4.78, 5) is 52.2. The second kappa shape index (κ2) is 11.1. The fourth-order valence-corrected chi connectivity index (χ4v) is 6.41. The number of nitrogens with zero attached hydrogens (tertiary/aromatic N) is 2. The van der Waals surface area contributed by atoms with Crippen LogP contribution in [0, 0.1) is 0 Å². The molecule has 2 aliphatic rings. The number of fused-ring (bicyclic) bond motifs is 4. The number of benzene rings is 2. The van der Waals surface area contributed by atoms with E-state index in [0.717, 1.165) is 35.7 Å². The Bertz CT molecular complexity index is 1850. The highest BCUT2D eigenvalue weighted by molar-refractivity contribution is 6.31. The number of Topliss-reactive ketones (excluding diaryl/α,β-unsaturated/α-hetero) is 2. The van der Waals surface area contributed by atoms with Crippen LogP contribution in [0.1, 0.15) is 65.1 Å². The lowest BCUT2D eigenvalue weighted by Gasteiger charge is -2.38. The molecule has 6 rings (SSSR count). The Morgan fingerprint density at radius 2 is 1.84 bits per heavy atom. The van der Waals surface area contributed by atoms with Gasteiger partial charge in [-0.1, -0.05) is 17.7 Å². The highest BCUT2D eigenvalue weighted by atomic mass is 35.5. The summed E-state index contributed by atoms with van der Waals surface area (Å²) in [5.74, 6) is -0.363. The molecule has 4 aromatic rings. The van der Waals surface area contributed by atoms with Gasteiger partial charge in [0.2, 0.25) is 0 Å².